The second kappa shape index (κ2) is 14.4. The van der Waals surface area contributed by atoms with Crippen LogP contribution in [0.2, 0.25) is 0 Å². The molecule has 0 heterocycles. The predicted octanol–water partition coefficient (Wildman–Crippen LogP) is -3.03. The molecule has 0 aromatic heterocycles. The third kappa shape index (κ3) is 10.4. The zero-order valence-corrected chi connectivity index (χ0v) is 18.7. The second-order valence-corrected chi connectivity index (χ2v) is 9.03. The molecule has 174 valence electrons. The number of likely N-dealkylation sites (N-methyl/N-ethyl adjacent to an activating group) is 1. The van der Waals surface area contributed by atoms with Crippen molar-refractivity contribution >= 4 is 45.3 Å². The molecule has 0 bridgehead atoms. The Morgan fingerprint density at radius 3 is 1.87 bits per heavy atom. The molecule has 10 N–H and O–H groups in total. The molecule has 0 rings (SSSR count). The predicted molar refractivity (Wildman–Crippen MR) is 114 cm³/mol. The minimum absolute atomic E-state index is 0.00146. The van der Waals surface area contributed by atoms with Crippen molar-refractivity contribution in [2.24, 2.45) is 11.5 Å². The number of aliphatic hydroxyl groups is 2. The molecule has 0 aliphatic rings. The van der Waals surface area contributed by atoms with E-state index >= 15 is 0 Å². The molecule has 0 unspecified atom stereocenters. The van der Waals surface area contributed by atoms with Gasteiger partial charge in [-0.1, -0.05) is 28.5 Å². The molecule has 0 fully saturated rings. The quantitative estimate of drug-likeness (QED) is 0.0891. The fourth-order valence-electron chi connectivity index (χ4n) is 2.03. The monoisotopic (exact) mass is 469 g/mol. The summed E-state index contributed by atoms with van der Waals surface area (Å²) in [5, 5.41) is 35.5. The number of hydrogen-bond acceptors (Lipinski definition) is 10. The largest absolute Gasteiger partial charge is 0.480 e. The van der Waals surface area contributed by atoms with E-state index in [-0.39, 0.29) is 5.75 Å². The number of nitrogens with one attached hydrogen (secondary N) is 3. The van der Waals surface area contributed by atoms with Crippen LogP contribution in [-0.2, 0) is 19.2 Å². The minimum Gasteiger partial charge on any atom is -0.480 e. The van der Waals surface area contributed by atoms with Gasteiger partial charge < -0.3 is 42.7 Å². The number of nitrogens with two attached hydrogens (primary N) is 2. The summed E-state index contributed by atoms with van der Waals surface area (Å²) in [6.07, 6.45) is -2.54. The van der Waals surface area contributed by atoms with Gasteiger partial charge in [0.05, 0.1) is 18.2 Å². The van der Waals surface area contributed by atoms with Gasteiger partial charge in [-0.05, 0) is 20.4 Å². The first kappa shape index (κ1) is 28.4. The maximum atomic E-state index is 12.5. The van der Waals surface area contributed by atoms with Gasteiger partial charge in [0.2, 0.25) is 17.7 Å². The van der Waals surface area contributed by atoms with Gasteiger partial charge in [0.25, 0.3) is 0 Å². The summed E-state index contributed by atoms with van der Waals surface area (Å²) >= 11 is 0. The zero-order valence-electron chi connectivity index (χ0n) is 17.0. The number of aliphatic carboxylic acids is 1. The molecule has 0 aliphatic heterocycles. The maximum Gasteiger partial charge on any atom is 0.328 e. The summed E-state index contributed by atoms with van der Waals surface area (Å²) in [5.74, 6) is -3.33. The fourth-order valence-corrected chi connectivity index (χ4v) is 4.41. The number of carbonyl (C=O) groups excluding carboxylic acids is 3. The first-order chi connectivity index (χ1) is 13.9. The molecule has 14 heteroatoms. The van der Waals surface area contributed by atoms with Crippen molar-refractivity contribution in [3.8, 4) is 0 Å². The number of carboxylic acids is 1. The van der Waals surface area contributed by atoms with Crippen LogP contribution in [0.15, 0.2) is 0 Å². The van der Waals surface area contributed by atoms with E-state index in [1.807, 2.05) is 6.92 Å². The minimum atomic E-state index is -1.58. The van der Waals surface area contributed by atoms with E-state index in [1.165, 1.54) is 24.6 Å². The van der Waals surface area contributed by atoms with Gasteiger partial charge in [-0.25, -0.2) is 4.79 Å². The third-order valence-corrected chi connectivity index (χ3v) is 6.27. The van der Waals surface area contributed by atoms with Gasteiger partial charge >= 0.3 is 5.97 Å². The van der Waals surface area contributed by atoms with E-state index in [2.05, 4.69) is 16.0 Å². The lowest BCUT2D eigenvalue weighted by Crippen LogP contribution is -2.58. The van der Waals surface area contributed by atoms with Crippen LogP contribution >= 0.6 is 21.6 Å². The maximum absolute atomic E-state index is 12.5. The molecular formula is C16H31N5O7S2. The van der Waals surface area contributed by atoms with Crippen LogP contribution in [0, 0.1) is 0 Å². The molecule has 12 nitrogen and oxygen atoms in total. The van der Waals surface area contributed by atoms with Crippen molar-refractivity contribution in [2.45, 2.75) is 57.1 Å². The van der Waals surface area contributed by atoms with Crippen LogP contribution in [0.3, 0.4) is 0 Å². The molecule has 0 aliphatic carbocycles. The Morgan fingerprint density at radius 2 is 1.47 bits per heavy atom. The highest BCUT2D eigenvalue weighted by Gasteiger charge is 2.31. The van der Waals surface area contributed by atoms with Gasteiger partial charge in [0, 0.05) is 11.5 Å². The van der Waals surface area contributed by atoms with E-state index in [0.717, 1.165) is 10.8 Å². The SMILES string of the molecule is CCN[C@@H](CSSC[C@H](NC(=O)[C@@H](N)[C@@H](C)O)C(=O)N[C@H](C(=O)O)[C@@H](C)O)C(N)=O. The normalized spacial score (nSPS) is 17.1. The molecule has 3 amide bonds. The van der Waals surface area contributed by atoms with Crippen LogP contribution in [0.4, 0.5) is 0 Å². The molecule has 30 heavy (non-hydrogen) atoms. The number of carbonyl (C=O) groups is 4. The molecule has 0 saturated carbocycles. The topological polar surface area (TPSA) is 217 Å². The van der Waals surface area contributed by atoms with E-state index in [4.69, 9.17) is 16.6 Å². The Balaban J connectivity index is 5.10. The van der Waals surface area contributed by atoms with Crippen molar-refractivity contribution < 1.29 is 34.5 Å². The van der Waals surface area contributed by atoms with Gasteiger partial charge in [0.1, 0.15) is 12.1 Å². The third-order valence-electron chi connectivity index (χ3n) is 3.85. The highest BCUT2D eigenvalue weighted by Crippen LogP contribution is 2.23. The van der Waals surface area contributed by atoms with Crippen LogP contribution in [0.1, 0.15) is 20.8 Å². The average Bonchev–Trinajstić information content (AvgIpc) is 2.65. The lowest BCUT2D eigenvalue weighted by Gasteiger charge is -2.24. The molecular weight excluding hydrogens is 438 g/mol. The highest BCUT2D eigenvalue weighted by atomic mass is 33.1. The first-order valence-electron chi connectivity index (χ1n) is 9.14. The van der Waals surface area contributed by atoms with Crippen molar-refractivity contribution in [1.29, 1.82) is 0 Å². The van der Waals surface area contributed by atoms with Crippen LogP contribution in [-0.4, -0.2) is 93.4 Å². The lowest BCUT2D eigenvalue weighted by molar-refractivity contribution is -0.145. The van der Waals surface area contributed by atoms with Crippen molar-refractivity contribution in [2.75, 3.05) is 18.1 Å². The molecule has 0 saturated heterocycles. The Kier molecular flexibility index (Phi) is 13.7. The van der Waals surface area contributed by atoms with E-state index in [9.17, 15) is 29.4 Å². The van der Waals surface area contributed by atoms with Gasteiger partial charge in [0.15, 0.2) is 6.04 Å². The van der Waals surface area contributed by atoms with Crippen molar-refractivity contribution in [1.82, 2.24) is 16.0 Å². The highest BCUT2D eigenvalue weighted by molar-refractivity contribution is 8.76. The zero-order chi connectivity index (χ0) is 23.4. The van der Waals surface area contributed by atoms with Crippen LogP contribution in [0.5, 0.6) is 0 Å². The molecule has 6 atom stereocenters. The van der Waals surface area contributed by atoms with E-state index in [0.29, 0.717) is 12.3 Å². The Morgan fingerprint density at radius 1 is 0.933 bits per heavy atom. The summed E-state index contributed by atoms with van der Waals surface area (Å²) in [5.41, 5.74) is 10.9. The summed E-state index contributed by atoms with van der Waals surface area (Å²) in [6.45, 7) is 4.86. The smallest absolute Gasteiger partial charge is 0.328 e. The Bertz CT molecular complexity index is 594. The Labute approximate surface area is 182 Å². The number of aliphatic hydroxyl groups excluding tert-OH is 2. The summed E-state index contributed by atoms with van der Waals surface area (Å²) in [7, 11) is 2.37. The number of rotatable bonds is 15. The summed E-state index contributed by atoms with van der Waals surface area (Å²) in [6, 6.07) is -4.65. The van der Waals surface area contributed by atoms with Gasteiger partial charge in [-0.3, -0.25) is 14.4 Å². The van der Waals surface area contributed by atoms with Gasteiger partial charge in [-0.2, -0.15) is 0 Å². The van der Waals surface area contributed by atoms with Crippen LogP contribution in [0.25, 0.3) is 0 Å². The number of hydrogen-bond donors (Lipinski definition) is 8. The van der Waals surface area contributed by atoms with Gasteiger partial charge in [-0.15, -0.1) is 0 Å². The number of primary amides is 1. The molecule has 0 aromatic rings. The molecule has 0 radical (unpaired) electrons. The second-order valence-electron chi connectivity index (χ2n) is 6.47. The Hall–Kier alpha value is -1.58. The first-order valence-corrected chi connectivity index (χ1v) is 11.6. The van der Waals surface area contributed by atoms with Crippen molar-refractivity contribution in [3.63, 3.8) is 0 Å². The van der Waals surface area contributed by atoms with Crippen LogP contribution < -0.4 is 27.4 Å². The summed E-state index contributed by atoms with van der Waals surface area (Å²) < 4.78 is 0. The van der Waals surface area contributed by atoms with Crippen molar-refractivity contribution in [3.05, 3.63) is 0 Å². The summed E-state index contributed by atoms with van der Waals surface area (Å²) in [4.78, 5) is 47.2. The number of carboxylic acid groups (broad SMARTS) is 1. The van der Waals surface area contributed by atoms with E-state index in [1.54, 1.807) is 0 Å². The molecule has 0 aromatic carbocycles. The number of amides is 3. The standard InChI is InChI=1S/C16H31N5O7S2/c1-4-19-9(13(18)24)5-29-30-6-10(20-15(26)11(17)7(2)22)14(25)21-12(8(3)23)16(27)28/h7-12,19,22-23H,4-6,17H2,1-3H3,(H2,18,24)(H,20,26)(H,21,25)(H,27,28)/t7-,8-,9+,10+,11+,12+/m1/s1. The average molecular weight is 470 g/mol. The lowest BCUT2D eigenvalue weighted by atomic mass is 10.1. The molecule has 0 spiro atoms. The fraction of sp³-hybridized carbons (Fsp3) is 0.750. The van der Waals surface area contributed by atoms with E-state index < -0.39 is 60.1 Å².